The molecule has 0 saturated heterocycles. The van der Waals surface area contributed by atoms with Gasteiger partial charge >= 0.3 is 6.18 Å². The quantitative estimate of drug-likeness (QED) is 0.783. The predicted octanol–water partition coefficient (Wildman–Crippen LogP) is 3.28. The van der Waals surface area contributed by atoms with Gasteiger partial charge in [0.1, 0.15) is 0 Å². The summed E-state index contributed by atoms with van der Waals surface area (Å²) >= 11 is 0. The summed E-state index contributed by atoms with van der Waals surface area (Å²) in [5.41, 5.74) is -1.66. The molecule has 0 unspecified atom stereocenters. The van der Waals surface area contributed by atoms with Crippen molar-refractivity contribution in [3.05, 3.63) is 29.3 Å². The second kappa shape index (κ2) is 5.21. The van der Waals surface area contributed by atoms with Crippen molar-refractivity contribution >= 4 is 5.69 Å². The number of alkyl halides is 5. The Labute approximate surface area is 100 Å². The van der Waals surface area contributed by atoms with E-state index >= 15 is 0 Å². The number of benzene rings is 1. The normalized spacial score (nSPS) is 11.4. The molecule has 0 bridgehead atoms. The standard InChI is InChI=1S/C11H9F5N2/c1-18(6-10(12)13)8-3-2-7(5-17)9(4-8)11(14,15)16/h2-4,10H,6H2,1H3. The molecule has 0 amide bonds. The van der Waals surface area contributed by atoms with Gasteiger partial charge in [0.25, 0.3) is 6.43 Å². The van der Waals surface area contributed by atoms with Crippen LogP contribution >= 0.6 is 0 Å². The molecule has 0 N–H and O–H groups in total. The monoisotopic (exact) mass is 264 g/mol. The van der Waals surface area contributed by atoms with E-state index < -0.39 is 30.3 Å². The van der Waals surface area contributed by atoms with Gasteiger partial charge in [-0.05, 0) is 18.2 Å². The largest absolute Gasteiger partial charge is 0.417 e. The maximum absolute atomic E-state index is 12.6. The zero-order valence-corrected chi connectivity index (χ0v) is 9.30. The number of hydrogen-bond acceptors (Lipinski definition) is 2. The van der Waals surface area contributed by atoms with Crippen LogP contribution in [0, 0.1) is 11.3 Å². The highest BCUT2D eigenvalue weighted by atomic mass is 19.4. The van der Waals surface area contributed by atoms with E-state index in [0.29, 0.717) is 6.07 Å². The van der Waals surface area contributed by atoms with Crippen molar-refractivity contribution in [1.82, 2.24) is 0 Å². The van der Waals surface area contributed by atoms with Gasteiger partial charge in [0.05, 0.1) is 23.7 Å². The minimum absolute atomic E-state index is 0.0124. The highest BCUT2D eigenvalue weighted by Crippen LogP contribution is 2.34. The summed E-state index contributed by atoms with van der Waals surface area (Å²) < 4.78 is 62.1. The minimum Gasteiger partial charge on any atom is -0.369 e. The second-order valence-electron chi connectivity index (χ2n) is 3.61. The average molecular weight is 264 g/mol. The lowest BCUT2D eigenvalue weighted by atomic mass is 10.1. The van der Waals surface area contributed by atoms with Crippen LogP contribution in [0.2, 0.25) is 0 Å². The molecule has 0 aliphatic carbocycles. The second-order valence-corrected chi connectivity index (χ2v) is 3.61. The fourth-order valence-electron chi connectivity index (χ4n) is 1.41. The lowest BCUT2D eigenvalue weighted by Crippen LogP contribution is -2.24. The Morgan fingerprint density at radius 3 is 2.39 bits per heavy atom. The first kappa shape index (κ1) is 14.2. The maximum Gasteiger partial charge on any atom is 0.417 e. The summed E-state index contributed by atoms with van der Waals surface area (Å²) in [6, 6.07) is 4.29. The SMILES string of the molecule is CN(CC(F)F)c1ccc(C#N)c(C(F)(F)F)c1. The van der Waals surface area contributed by atoms with Crippen molar-refractivity contribution in [3.63, 3.8) is 0 Å². The summed E-state index contributed by atoms with van der Waals surface area (Å²) in [4.78, 5) is 1.00. The van der Waals surface area contributed by atoms with Crippen LogP contribution < -0.4 is 4.90 Å². The van der Waals surface area contributed by atoms with Crippen LogP contribution in [-0.4, -0.2) is 20.0 Å². The molecule has 7 heteroatoms. The van der Waals surface area contributed by atoms with Crippen LogP contribution in [0.5, 0.6) is 0 Å². The van der Waals surface area contributed by atoms with Crippen molar-refractivity contribution in [2.45, 2.75) is 12.6 Å². The molecule has 98 valence electrons. The Morgan fingerprint density at radius 1 is 1.33 bits per heavy atom. The first-order chi connectivity index (χ1) is 8.25. The Kier molecular flexibility index (Phi) is 4.11. The van der Waals surface area contributed by atoms with E-state index in [0.717, 1.165) is 11.0 Å². The van der Waals surface area contributed by atoms with Gasteiger partial charge in [-0.3, -0.25) is 0 Å². The van der Waals surface area contributed by atoms with E-state index in [4.69, 9.17) is 5.26 Å². The van der Waals surface area contributed by atoms with E-state index in [1.165, 1.54) is 19.2 Å². The molecule has 1 rings (SSSR count). The molecule has 0 saturated carbocycles. The van der Waals surface area contributed by atoms with Gasteiger partial charge < -0.3 is 4.90 Å². The molecule has 0 aromatic heterocycles. The Balaban J connectivity index is 3.16. The molecular formula is C11H9F5N2. The third-order valence-electron chi connectivity index (χ3n) is 2.28. The lowest BCUT2D eigenvalue weighted by Gasteiger charge is -2.20. The van der Waals surface area contributed by atoms with Crippen molar-refractivity contribution in [2.75, 3.05) is 18.5 Å². The van der Waals surface area contributed by atoms with Crippen molar-refractivity contribution in [2.24, 2.45) is 0 Å². The topological polar surface area (TPSA) is 27.0 Å². The molecule has 0 heterocycles. The van der Waals surface area contributed by atoms with Crippen LogP contribution in [0.25, 0.3) is 0 Å². The number of anilines is 1. The van der Waals surface area contributed by atoms with Crippen LogP contribution in [0.4, 0.5) is 27.6 Å². The Morgan fingerprint density at radius 2 is 1.94 bits per heavy atom. The van der Waals surface area contributed by atoms with Gasteiger partial charge in [0.2, 0.25) is 0 Å². The van der Waals surface area contributed by atoms with Crippen molar-refractivity contribution in [3.8, 4) is 6.07 Å². The van der Waals surface area contributed by atoms with E-state index in [1.54, 1.807) is 0 Å². The van der Waals surface area contributed by atoms with Crippen LogP contribution in [-0.2, 0) is 6.18 Å². The first-order valence-corrected chi connectivity index (χ1v) is 4.86. The number of halogens is 5. The van der Waals surface area contributed by atoms with Crippen LogP contribution in [0.1, 0.15) is 11.1 Å². The van der Waals surface area contributed by atoms with Gasteiger partial charge in [0.15, 0.2) is 0 Å². The van der Waals surface area contributed by atoms with E-state index in [2.05, 4.69) is 0 Å². The summed E-state index contributed by atoms with van der Waals surface area (Å²) in [6.07, 6.45) is -7.34. The minimum atomic E-state index is -4.69. The average Bonchev–Trinajstić information content (AvgIpc) is 2.26. The van der Waals surface area contributed by atoms with Crippen LogP contribution in [0.3, 0.4) is 0 Å². The highest BCUT2D eigenvalue weighted by Gasteiger charge is 2.34. The fourth-order valence-corrected chi connectivity index (χ4v) is 1.41. The summed E-state index contributed by atoms with van der Waals surface area (Å²) in [5, 5.41) is 8.57. The molecule has 0 aliphatic rings. The van der Waals surface area contributed by atoms with Gasteiger partial charge in [-0.1, -0.05) is 0 Å². The number of rotatable bonds is 3. The molecule has 1 aromatic rings. The summed E-state index contributed by atoms with van der Waals surface area (Å²) in [5.74, 6) is 0. The van der Waals surface area contributed by atoms with E-state index in [1.807, 2.05) is 0 Å². The summed E-state index contributed by atoms with van der Waals surface area (Å²) in [7, 11) is 1.26. The van der Waals surface area contributed by atoms with E-state index in [-0.39, 0.29) is 5.69 Å². The molecule has 0 atom stereocenters. The number of nitrogens with zero attached hydrogens (tertiary/aromatic N) is 2. The van der Waals surface area contributed by atoms with E-state index in [9.17, 15) is 22.0 Å². The molecule has 0 fully saturated rings. The van der Waals surface area contributed by atoms with Gasteiger partial charge in [-0.15, -0.1) is 0 Å². The molecule has 18 heavy (non-hydrogen) atoms. The smallest absolute Gasteiger partial charge is 0.369 e. The predicted molar refractivity (Wildman–Crippen MR) is 55.4 cm³/mol. The molecule has 0 aliphatic heterocycles. The molecule has 0 spiro atoms. The van der Waals surface area contributed by atoms with Gasteiger partial charge in [-0.25, -0.2) is 8.78 Å². The van der Waals surface area contributed by atoms with Gasteiger partial charge in [0, 0.05) is 12.7 Å². The number of nitriles is 1. The first-order valence-electron chi connectivity index (χ1n) is 4.86. The zero-order chi connectivity index (χ0) is 13.9. The maximum atomic E-state index is 12.6. The third kappa shape index (κ3) is 3.32. The van der Waals surface area contributed by atoms with Gasteiger partial charge in [-0.2, -0.15) is 18.4 Å². The molecule has 0 radical (unpaired) electrons. The van der Waals surface area contributed by atoms with Crippen molar-refractivity contribution in [1.29, 1.82) is 5.26 Å². The lowest BCUT2D eigenvalue weighted by molar-refractivity contribution is -0.137. The van der Waals surface area contributed by atoms with Crippen LogP contribution in [0.15, 0.2) is 18.2 Å². The highest BCUT2D eigenvalue weighted by molar-refractivity contribution is 5.54. The summed E-state index contributed by atoms with van der Waals surface area (Å²) in [6.45, 7) is -0.677. The molecule has 1 aromatic carbocycles. The Hall–Kier alpha value is -1.84. The fraction of sp³-hybridized carbons (Fsp3) is 0.364. The number of hydrogen-bond donors (Lipinski definition) is 0. The third-order valence-corrected chi connectivity index (χ3v) is 2.28. The zero-order valence-electron chi connectivity index (χ0n) is 9.30. The molecular weight excluding hydrogens is 255 g/mol. The Bertz CT molecular complexity index is 461. The molecule has 2 nitrogen and oxygen atoms in total. The van der Waals surface area contributed by atoms with Crippen molar-refractivity contribution < 1.29 is 22.0 Å².